The fraction of sp³-hybridized carbons (Fsp3) is 0.333. The average molecular weight is 176 g/mol. The van der Waals surface area contributed by atoms with Crippen LogP contribution in [0, 0.1) is 0 Å². The summed E-state index contributed by atoms with van der Waals surface area (Å²) in [5, 5.41) is 5.43. The third-order valence-corrected chi connectivity index (χ3v) is 9.98. The predicted octanol–water partition coefficient (Wildman–Crippen LogP) is -1.04. The molecule has 1 saturated heterocycles. The van der Waals surface area contributed by atoms with Crippen LogP contribution >= 0.6 is 0 Å². The van der Waals surface area contributed by atoms with Gasteiger partial charge >= 0.3 is 0 Å². The maximum Gasteiger partial charge on any atom is 0.117 e. The number of hydrogen-bond acceptors (Lipinski definition) is 0. The summed E-state index contributed by atoms with van der Waals surface area (Å²) in [6.07, 6.45) is 1.52. The van der Waals surface area contributed by atoms with Gasteiger partial charge in [-0.05, 0) is 12.1 Å². The van der Waals surface area contributed by atoms with Crippen LogP contribution in [0.3, 0.4) is 0 Å². The van der Waals surface area contributed by atoms with E-state index in [1.54, 1.807) is 17.3 Å². The number of fused-ring (bicyclic) bond motifs is 3. The molecule has 1 aromatic rings. The third-order valence-electron chi connectivity index (χ3n) is 3.41. The van der Waals surface area contributed by atoms with Crippen molar-refractivity contribution in [2.24, 2.45) is 0 Å². The standard InChI is InChI=1S/C9H12Si2/c10-7-3-1-4-8-9(7)11(8)5-2-6-11/h1,3-4H,2,5-6H2,10H3. The van der Waals surface area contributed by atoms with Gasteiger partial charge < -0.3 is 0 Å². The second kappa shape index (κ2) is 1.69. The van der Waals surface area contributed by atoms with E-state index < -0.39 is 8.07 Å². The second-order valence-corrected chi connectivity index (χ2v) is 9.21. The Morgan fingerprint density at radius 3 is 2.64 bits per heavy atom. The summed E-state index contributed by atoms with van der Waals surface area (Å²) in [5.41, 5.74) is 0. The molecule has 1 aromatic carbocycles. The van der Waals surface area contributed by atoms with Gasteiger partial charge in [0.15, 0.2) is 0 Å². The Morgan fingerprint density at radius 1 is 1.27 bits per heavy atom. The maximum atomic E-state index is 2.39. The van der Waals surface area contributed by atoms with E-state index in [0.717, 1.165) is 0 Å². The van der Waals surface area contributed by atoms with Crippen molar-refractivity contribution < 1.29 is 0 Å². The minimum Gasteiger partial charge on any atom is -0.0711 e. The minimum atomic E-state index is -0.747. The Kier molecular flexibility index (Phi) is 0.955. The molecular formula is C9H12Si2. The van der Waals surface area contributed by atoms with Crippen LogP contribution in [-0.2, 0) is 0 Å². The van der Waals surface area contributed by atoms with Crippen molar-refractivity contribution >= 4 is 33.9 Å². The van der Waals surface area contributed by atoms with Crippen LogP contribution in [0.25, 0.3) is 0 Å². The van der Waals surface area contributed by atoms with Crippen molar-refractivity contribution in [3.63, 3.8) is 0 Å². The van der Waals surface area contributed by atoms with Crippen LogP contribution in [-0.4, -0.2) is 18.3 Å². The Labute approximate surface area is 71.1 Å². The number of hydrogen-bond donors (Lipinski definition) is 0. The summed E-state index contributed by atoms with van der Waals surface area (Å²) in [6.45, 7) is 0. The lowest BCUT2D eigenvalue weighted by Crippen LogP contribution is -2.39. The van der Waals surface area contributed by atoms with Crippen molar-refractivity contribution in [2.75, 3.05) is 0 Å². The van der Waals surface area contributed by atoms with Crippen LogP contribution in [0.1, 0.15) is 6.42 Å². The van der Waals surface area contributed by atoms with Crippen molar-refractivity contribution in [3.05, 3.63) is 18.2 Å². The fourth-order valence-corrected chi connectivity index (χ4v) is 9.71. The van der Waals surface area contributed by atoms with Crippen molar-refractivity contribution in [1.29, 1.82) is 0 Å². The predicted molar refractivity (Wildman–Crippen MR) is 55.3 cm³/mol. The van der Waals surface area contributed by atoms with Crippen LogP contribution in [0.2, 0.25) is 12.1 Å². The summed E-state index contributed by atoms with van der Waals surface area (Å²) in [6, 6.07) is 10.2. The molecule has 0 aliphatic carbocycles. The van der Waals surface area contributed by atoms with Gasteiger partial charge in [0.2, 0.25) is 0 Å². The topological polar surface area (TPSA) is 0 Å². The molecule has 0 unspecified atom stereocenters. The van der Waals surface area contributed by atoms with Gasteiger partial charge in [0.05, 0.1) is 0 Å². The molecule has 0 atom stereocenters. The van der Waals surface area contributed by atoms with E-state index in [-0.39, 0.29) is 0 Å². The molecule has 2 heterocycles. The molecule has 3 rings (SSSR count). The lowest BCUT2D eigenvalue weighted by Gasteiger charge is -2.23. The largest absolute Gasteiger partial charge is 0.117 e. The molecule has 0 bridgehead atoms. The Balaban J connectivity index is 2.17. The van der Waals surface area contributed by atoms with Crippen molar-refractivity contribution in [2.45, 2.75) is 18.5 Å². The smallest absolute Gasteiger partial charge is 0.0711 e. The third kappa shape index (κ3) is 0.564. The van der Waals surface area contributed by atoms with E-state index in [9.17, 15) is 0 Å². The van der Waals surface area contributed by atoms with E-state index >= 15 is 0 Å². The first-order chi connectivity index (χ1) is 5.34. The molecular weight excluding hydrogens is 164 g/mol. The number of benzene rings is 1. The van der Waals surface area contributed by atoms with Gasteiger partial charge in [-0.3, -0.25) is 0 Å². The Hall–Kier alpha value is -0.346. The van der Waals surface area contributed by atoms with Crippen LogP contribution < -0.4 is 15.6 Å². The lowest BCUT2D eigenvalue weighted by atomic mass is 10.4. The zero-order valence-corrected chi connectivity index (χ0v) is 9.85. The van der Waals surface area contributed by atoms with Gasteiger partial charge in [-0.15, -0.1) is 0 Å². The summed E-state index contributed by atoms with van der Waals surface area (Å²) in [4.78, 5) is 0. The van der Waals surface area contributed by atoms with Gasteiger partial charge in [0.1, 0.15) is 8.07 Å². The zero-order chi connectivity index (χ0) is 7.47. The van der Waals surface area contributed by atoms with Gasteiger partial charge in [-0.25, -0.2) is 0 Å². The van der Waals surface area contributed by atoms with E-state index in [0.29, 0.717) is 0 Å². The molecule has 2 aliphatic rings. The molecule has 0 radical (unpaired) electrons. The SMILES string of the molecule is [SiH3]c1cccc2c1[Si]21CCC1. The summed E-state index contributed by atoms with van der Waals surface area (Å²) in [7, 11) is 0.525. The molecule has 11 heavy (non-hydrogen) atoms. The highest BCUT2D eigenvalue weighted by Gasteiger charge is 2.56. The quantitative estimate of drug-likeness (QED) is 0.443. The van der Waals surface area contributed by atoms with E-state index in [4.69, 9.17) is 0 Å². The Morgan fingerprint density at radius 2 is 2.09 bits per heavy atom. The van der Waals surface area contributed by atoms with Crippen LogP contribution in [0.15, 0.2) is 18.2 Å². The Bertz CT molecular complexity index is 326. The van der Waals surface area contributed by atoms with Gasteiger partial charge in [-0.1, -0.05) is 40.2 Å². The average Bonchev–Trinajstić information content (AvgIpc) is 2.56. The molecule has 1 spiro atoms. The molecule has 0 saturated carbocycles. The van der Waals surface area contributed by atoms with E-state index in [1.807, 2.05) is 10.4 Å². The first-order valence-electron chi connectivity index (χ1n) is 4.45. The van der Waals surface area contributed by atoms with E-state index in [1.165, 1.54) is 16.7 Å². The lowest BCUT2D eigenvalue weighted by molar-refractivity contribution is 0.943. The second-order valence-electron chi connectivity index (χ2n) is 3.93. The molecule has 0 amide bonds. The van der Waals surface area contributed by atoms with Crippen LogP contribution in [0.4, 0.5) is 0 Å². The van der Waals surface area contributed by atoms with E-state index in [2.05, 4.69) is 18.2 Å². The highest BCUT2D eigenvalue weighted by atomic mass is 28.3. The van der Waals surface area contributed by atoms with Gasteiger partial charge in [0.25, 0.3) is 0 Å². The monoisotopic (exact) mass is 176 g/mol. The van der Waals surface area contributed by atoms with Crippen molar-refractivity contribution in [1.82, 2.24) is 0 Å². The molecule has 0 nitrogen and oxygen atoms in total. The summed E-state index contributed by atoms with van der Waals surface area (Å²) >= 11 is 0. The van der Waals surface area contributed by atoms with Gasteiger partial charge in [0, 0.05) is 10.2 Å². The fourth-order valence-electron chi connectivity index (χ4n) is 2.64. The summed E-state index contributed by atoms with van der Waals surface area (Å²) < 4.78 is 0. The maximum absolute atomic E-state index is 2.39. The van der Waals surface area contributed by atoms with Gasteiger partial charge in [-0.2, -0.15) is 0 Å². The summed E-state index contributed by atoms with van der Waals surface area (Å²) in [5.74, 6) is 0. The molecule has 0 aromatic heterocycles. The first kappa shape index (κ1) is 6.20. The molecule has 2 aliphatic heterocycles. The highest BCUT2D eigenvalue weighted by molar-refractivity contribution is 7.20. The zero-order valence-electron chi connectivity index (χ0n) is 6.85. The minimum absolute atomic E-state index is 0.747. The normalized spacial score (nSPS) is 22.9. The molecule has 56 valence electrons. The highest BCUT2D eigenvalue weighted by Crippen LogP contribution is 2.37. The molecule has 0 N–H and O–H groups in total. The molecule has 2 heteroatoms. The first-order valence-corrected chi connectivity index (χ1v) is 7.87. The molecule has 1 fully saturated rings. The van der Waals surface area contributed by atoms with Crippen LogP contribution in [0.5, 0.6) is 0 Å². The van der Waals surface area contributed by atoms with Crippen molar-refractivity contribution in [3.8, 4) is 0 Å². The number of rotatable bonds is 0.